The molecular weight excluding hydrogens is 339 g/mol. The molecule has 140 valence electrons. The van der Waals surface area contributed by atoms with Crippen molar-refractivity contribution in [2.75, 3.05) is 0 Å². The third-order valence-electron chi connectivity index (χ3n) is 4.62. The molecule has 0 spiro atoms. The highest BCUT2D eigenvalue weighted by molar-refractivity contribution is 5.85. The Morgan fingerprint density at radius 3 is 2.68 bits per heavy atom. The number of carbonyl (C=O) groups is 2. The second-order valence-corrected chi connectivity index (χ2v) is 6.53. The zero-order chi connectivity index (χ0) is 18.6. The first-order chi connectivity index (χ1) is 11.7. The smallest absolute Gasteiger partial charge is 0.433 e. The minimum Gasteiger partial charge on any atom is -0.480 e. The van der Waals surface area contributed by atoms with E-state index in [2.05, 4.69) is 17.3 Å². The Morgan fingerprint density at radius 1 is 1.44 bits per heavy atom. The SMILES string of the molecule is CCCC1CC(C(=O)NC(CCc2cn[nH]c2C(F)(F)F)C(=O)O)C1. The molecule has 0 aliphatic heterocycles. The second-order valence-electron chi connectivity index (χ2n) is 6.53. The van der Waals surface area contributed by atoms with Crippen LogP contribution in [-0.2, 0) is 22.2 Å². The number of aromatic amines is 1. The fourth-order valence-electron chi connectivity index (χ4n) is 3.19. The van der Waals surface area contributed by atoms with Gasteiger partial charge in [0.2, 0.25) is 5.91 Å². The molecule has 9 heteroatoms. The van der Waals surface area contributed by atoms with Gasteiger partial charge in [0.15, 0.2) is 0 Å². The van der Waals surface area contributed by atoms with Crippen molar-refractivity contribution in [2.45, 2.75) is 57.7 Å². The van der Waals surface area contributed by atoms with Crippen molar-refractivity contribution in [3.05, 3.63) is 17.5 Å². The number of hydrogen-bond donors (Lipinski definition) is 3. The van der Waals surface area contributed by atoms with Crippen molar-refractivity contribution in [2.24, 2.45) is 11.8 Å². The predicted molar refractivity (Wildman–Crippen MR) is 82.6 cm³/mol. The third-order valence-corrected chi connectivity index (χ3v) is 4.62. The molecule has 1 aromatic rings. The third kappa shape index (κ3) is 4.96. The molecule has 0 radical (unpaired) electrons. The molecular formula is C16H22F3N3O3. The number of aryl methyl sites for hydroxylation is 1. The van der Waals surface area contributed by atoms with Gasteiger partial charge < -0.3 is 10.4 Å². The van der Waals surface area contributed by atoms with Crippen LogP contribution in [0.1, 0.15) is 50.3 Å². The number of hydrogen-bond acceptors (Lipinski definition) is 3. The molecule has 0 aromatic carbocycles. The Balaban J connectivity index is 1.89. The van der Waals surface area contributed by atoms with Crippen LogP contribution in [0.2, 0.25) is 0 Å². The molecule has 1 aromatic heterocycles. The minimum atomic E-state index is -4.58. The van der Waals surface area contributed by atoms with Gasteiger partial charge in [-0.3, -0.25) is 9.89 Å². The zero-order valence-electron chi connectivity index (χ0n) is 13.9. The summed E-state index contributed by atoms with van der Waals surface area (Å²) in [6.07, 6.45) is -0.243. The largest absolute Gasteiger partial charge is 0.480 e. The molecule has 1 unspecified atom stereocenters. The van der Waals surface area contributed by atoms with E-state index in [0.29, 0.717) is 5.92 Å². The van der Waals surface area contributed by atoms with E-state index in [4.69, 9.17) is 0 Å². The Morgan fingerprint density at radius 2 is 2.12 bits per heavy atom. The first kappa shape index (κ1) is 19.3. The molecule has 0 bridgehead atoms. The summed E-state index contributed by atoms with van der Waals surface area (Å²) in [4.78, 5) is 23.4. The molecule has 0 saturated heterocycles. The van der Waals surface area contributed by atoms with Gasteiger partial charge in [0.05, 0.1) is 6.20 Å². The van der Waals surface area contributed by atoms with E-state index in [9.17, 15) is 27.9 Å². The Hall–Kier alpha value is -2.06. The summed E-state index contributed by atoms with van der Waals surface area (Å²) in [5.41, 5.74) is -1.09. The van der Waals surface area contributed by atoms with Crippen LogP contribution < -0.4 is 5.32 Å². The monoisotopic (exact) mass is 361 g/mol. The fourth-order valence-corrected chi connectivity index (χ4v) is 3.19. The van der Waals surface area contributed by atoms with Crippen molar-refractivity contribution in [3.63, 3.8) is 0 Å². The molecule has 6 nitrogen and oxygen atoms in total. The minimum absolute atomic E-state index is 0.111. The number of halogens is 3. The van der Waals surface area contributed by atoms with Crippen LogP contribution in [0.15, 0.2) is 6.20 Å². The molecule has 1 amide bonds. The standard InChI is InChI=1S/C16H22F3N3O3/c1-2-3-9-6-11(7-9)14(23)21-12(15(24)25)5-4-10-8-20-22-13(10)16(17,18)19/h8-9,11-12H,2-7H2,1H3,(H,20,22)(H,21,23)(H,24,25). The number of H-pyrrole nitrogens is 1. The molecule has 1 saturated carbocycles. The Labute approximate surface area is 143 Å². The van der Waals surface area contributed by atoms with Gasteiger partial charge in [-0.15, -0.1) is 0 Å². The van der Waals surface area contributed by atoms with E-state index in [-0.39, 0.29) is 30.2 Å². The average molecular weight is 361 g/mol. The van der Waals surface area contributed by atoms with Crippen LogP contribution in [0.25, 0.3) is 0 Å². The van der Waals surface area contributed by atoms with Crippen molar-refractivity contribution in [1.29, 1.82) is 0 Å². The number of carbonyl (C=O) groups excluding carboxylic acids is 1. The number of aromatic nitrogens is 2. The number of amides is 1. The maximum atomic E-state index is 12.8. The molecule has 3 N–H and O–H groups in total. The van der Waals surface area contributed by atoms with E-state index in [1.54, 1.807) is 0 Å². The quantitative estimate of drug-likeness (QED) is 0.663. The molecule has 25 heavy (non-hydrogen) atoms. The number of carboxylic acid groups (broad SMARTS) is 1. The molecule has 1 aliphatic rings. The number of nitrogens with one attached hydrogen (secondary N) is 2. The molecule has 1 aliphatic carbocycles. The maximum absolute atomic E-state index is 12.8. The van der Waals surface area contributed by atoms with Gasteiger partial charge in [-0.1, -0.05) is 19.8 Å². The van der Waals surface area contributed by atoms with Crippen LogP contribution in [0, 0.1) is 11.8 Å². The zero-order valence-corrected chi connectivity index (χ0v) is 13.9. The summed E-state index contributed by atoms with van der Waals surface area (Å²) in [6.45, 7) is 2.07. The van der Waals surface area contributed by atoms with Crippen LogP contribution in [0.5, 0.6) is 0 Å². The Kier molecular flexibility index (Phi) is 6.07. The second kappa shape index (κ2) is 7.88. The van der Waals surface area contributed by atoms with Gasteiger partial charge in [-0.2, -0.15) is 18.3 Å². The van der Waals surface area contributed by atoms with E-state index in [0.717, 1.165) is 31.9 Å². The van der Waals surface area contributed by atoms with Gasteiger partial charge >= 0.3 is 12.1 Å². The van der Waals surface area contributed by atoms with E-state index in [1.807, 2.05) is 5.10 Å². The highest BCUT2D eigenvalue weighted by Gasteiger charge is 2.37. The maximum Gasteiger partial charge on any atom is 0.433 e. The van der Waals surface area contributed by atoms with Crippen LogP contribution in [0.3, 0.4) is 0 Å². The van der Waals surface area contributed by atoms with Gasteiger partial charge in [0.1, 0.15) is 11.7 Å². The lowest BCUT2D eigenvalue weighted by Crippen LogP contribution is -2.47. The summed E-state index contributed by atoms with van der Waals surface area (Å²) in [5.74, 6) is -1.28. The average Bonchev–Trinajstić information content (AvgIpc) is 2.94. The van der Waals surface area contributed by atoms with Crippen molar-refractivity contribution in [3.8, 4) is 0 Å². The summed E-state index contributed by atoms with van der Waals surface area (Å²) in [6, 6.07) is -1.21. The van der Waals surface area contributed by atoms with E-state index >= 15 is 0 Å². The van der Waals surface area contributed by atoms with Crippen molar-refractivity contribution >= 4 is 11.9 Å². The highest BCUT2D eigenvalue weighted by atomic mass is 19.4. The number of nitrogens with zero attached hydrogens (tertiary/aromatic N) is 1. The summed E-state index contributed by atoms with van der Waals surface area (Å²) in [5, 5.41) is 16.9. The lowest BCUT2D eigenvalue weighted by molar-refractivity contribution is -0.143. The van der Waals surface area contributed by atoms with Gasteiger partial charge in [0, 0.05) is 11.5 Å². The van der Waals surface area contributed by atoms with Crippen LogP contribution >= 0.6 is 0 Å². The van der Waals surface area contributed by atoms with E-state index in [1.165, 1.54) is 0 Å². The number of carboxylic acids is 1. The van der Waals surface area contributed by atoms with Crippen molar-refractivity contribution < 1.29 is 27.9 Å². The highest BCUT2D eigenvalue weighted by Crippen LogP contribution is 2.37. The fraction of sp³-hybridized carbons (Fsp3) is 0.688. The lowest BCUT2D eigenvalue weighted by Gasteiger charge is -2.34. The molecule has 1 heterocycles. The Bertz CT molecular complexity index is 609. The molecule has 1 atom stereocenters. The van der Waals surface area contributed by atoms with Gasteiger partial charge in [-0.05, 0) is 31.6 Å². The van der Waals surface area contributed by atoms with Crippen molar-refractivity contribution in [1.82, 2.24) is 15.5 Å². The summed E-state index contributed by atoms with van der Waals surface area (Å²) in [7, 11) is 0. The first-order valence-corrected chi connectivity index (χ1v) is 8.35. The van der Waals surface area contributed by atoms with Gasteiger partial charge in [-0.25, -0.2) is 4.79 Å². The molecule has 2 rings (SSSR count). The number of rotatable bonds is 8. The first-order valence-electron chi connectivity index (χ1n) is 8.35. The summed E-state index contributed by atoms with van der Waals surface area (Å²) < 4.78 is 38.3. The molecule has 1 fully saturated rings. The van der Waals surface area contributed by atoms with Gasteiger partial charge in [0.25, 0.3) is 0 Å². The lowest BCUT2D eigenvalue weighted by atomic mass is 9.72. The van der Waals surface area contributed by atoms with Crippen LogP contribution in [-0.4, -0.2) is 33.2 Å². The summed E-state index contributed by atoms with van der Waals surface area (Å²) >= 11 is 0. The number of alkyl halides is 3. The number of aliphatic carboxylic acids is 1. The normalized spacial score (nSPS) is 21.4. The topological polar surface area (TPSA) is 95.1 Å². The predicted octanol–water partition coefficient (Wildman–Crippen LogP) is 2.76. The van der Waals surface area contributed by atoms with Crippen LogP contribution in [0.4, 0.5) is 13.2 Å². The van der Waals surface area contributed by atoms with E-state index < -0.39 is 23.9 Å².